The van der Waals surface area contributed by atoms with Crippen LogP contribution in [-0.4, -0.2) is 43.4 Å². The van der Waals surface area contributed by atoms with Crippen molar-refractivity contribution in [2.24, 2.45) is 5.92 Å². The Hall–Kier alpha value is -3.29. The number of non-ortho nitro benzene ring substituents is 1. The predicted molar refractivity (Wildman–Crippen MR) is 118 cm³/mol. The molecule has 1 fully saturated rings. The molecule has 8 nitrogen and oxygen atoms in total. The van der Waals surface area contributed by atoms with Crippen molar-refractivity contribution in [1.29, 1.82) is 0 Å². The molecule has 0 bridgehead atoms. The van der Waals surface area contributed by atoms with Crippen LogP contribution in [0.2, 0.25) is 0 Å². The third-order valence-electron chi connectivity index (χ3n) is 6.30. The molecule has 3 heterocycles. The van der Waals surface area contributed by atoms with E-state index < -0.39 is 4.92 Å². The maximum Gasteiger partial charge on any atom is 0.269 e. The molecule has 4 rings (SSSR count). The summed E-state index contributed by atoms with van der Waals surface area (Å²) in [6.07, 6.45) is 5.96. The Kier molecular flexibility index (Phi) is 5.97. The predicted octanol–water partition coefficient (Wildman–Crippen LogP) is 4.08. The lowest BCUT2D eigenvalue weighted by molar-refractivity contribution is -0.384. The van der Waals surface area contributed by atoms with E-state index in [-0.39, 0.29) is 17.5 Å². The smallest absolute Gasteiger partial charge is 0.269 e. The molecule has 1 unspecified atom stereocenters. The summed E-state index contributed by atoms with van der Waals surface area (Å²) in [6.45, 7) is 6.47. The quantitative estimate of drug-likeness (QED) is 0.441. The fraction of sp³-hybridized carbons (Fsp3) is 0.435. The molecular formula is C23H27N5O3. The molecule has 0 saturated carbocycles. The third kappa shape index (κ3) is 4.57. The number of likely N-dealkylation sites (tertiary alicyclic amines) is 1. The van der Waals surface area contributed by atoms with Crippen LogP contribution in [0.25, 0.3) is 11.0 Å². The number of piperidine rings is 1. The van der Waals surface area contributed by atoms with Crippen LogP contribution in [0.4, 0.5) is 5.69 Å². The van der Waals surface area contributed by atoms with Crippen LogP contribution in [0.5, 0.6) is 0 Å². The van der Waals surface area contributed by atoms with Crippen molar-refractivity contribution in [1.82, 2.24) is 19.4 Å². The Morgan fingerprint density at radius 3 is 2.61 bits per heavy atom. The first-order valence-electron chi connectivity index (χ1n) is 10.7. The van der Waals surface area contributed by atoms with Gasteiger partial charge in [-0.3, -0.25) is 19.9 Å². The van der Waals surface area contributed by atoms with Gasteiger partial charge in [0.2, 0.25) is 5.91 Å². The van der Waals surface area contributed by atoms with Gasteiger partial charge in [0.15, 0.2) is 0 Å². The highest BCUT2D eigenvalue weighted by Crippen LogP contribution is 2.26. The van der Waals surface area contributed by atoms with E-state index in [0.29, 0.717) is 12.3 Å². The average Bonchev–Trinajstić information content (AvgIpc) is 3.09. The maximum atomic E-state index is 12.8. The van der Waals surface area contributed by atoms with Gasteiger partial charge in [-0.1, -0.05) is 19.1 Å². The topological polar surface area (TPSA) is 94.2 Å². The van der Waals surface area contributed by atoms with Gasteiger partial charge >= 0.3 is 0 Å². The second-order valence-corrected chi connectivity index (χ2v) is 8.41. The molecule has 0 N–H and O–H groups in total. The van der Waals surface area contributed by atoms with Crippen molar-refractivity contribution < 1.29 is 9.72 Å². The van der Waals surface area contributed by atoms with Crippen molar-refractivity contribution in [3.63, 3.8) is 0 Å². The van der Waals surface area contributed by atoms with Crippen molar-refractivity contribution >= 4 is 22.6 Å². The zero-order valence-corrected chi connectivity index (χ0v) is 17.9. The number of nitro groups is 1. The van der Waals surface area contributed by atoms with Gasteiger partial charge in [0.05, 0.1) is 16.6 Å². The molecular weight excluding hydrogens is 394 g/mol. The van der Waals surface area contributed by atoms with Gasteiger partial charge in [0.1, 0.15) is 11.3 Å². The Morgan fingerprint density at radius 1 is 1.23 bits per heavy atom. The highest BCUT2D eigenvalue weighted by atomic mass is 16.6. The molecule has 8 heteroatoms. The summed E-state index contributed by atoms with van der Waals surface area (Å²) < 4.78 is 2.26. The first kappa shape index (κ1) is 21.0. The zero-order chi connectivity index (χ0) is 22.0. The summed E-state index contributed by atoms with van der Waals surface area (Å²) in [6, 6.07) is 8.50. The second-order valence-electron chi connectivity index (χ2n) is 8.41. The summed E-state index contributed by atoms with van der Waals surface area (Å²) in [7, 11) is 0. The minimum atomic E-state index is -0.408. The minimum absolute atomic E-state index is 0.0274. The lowest BCUT2D eigenvalue weighted by atomic mass is 9.94. The van der Waals surface area contributed by atoms with Gasteiger partial charge in [0, 0.05) is 44.4 Å². The summed E-state index contributed by atoms with van der Waals surface area (Å²) in [5.41, 5.74) is 3.06. The summed E-state index contributed by atoms with van der Waals surface area (Å²) in [5.74, 6) is 1.69. The normalized spacial score (nSPS) is 15.9. The molecule has 2 aromatic heterocycles. The van der Waals surface area contributed by atoms with E-state index in [1.807, 2.05) is 24.8 Å². The van der Waals surface area contributed by atoms with E-state index in [2.05, 4.69) is 14.5 Å². The van der Waals surface area contributed by atoms with E-state index >= 15 is 0 Å². The van der Waals surface area contributed by atoms with Gasteiger partial charge < -0.3 is 9.47 Å². The van der Waals surface area contributed by atoms with E-state index in [9.17, 15) is 14.9 Å². The number of pyridine rings is 1. The highest BCUT2D eigenvalue weighted by Gasteiger charge is 2.25. The van der Waals surface area contributed by atoms with Gasteiger partial charge in [0.25, 0.3) is 5.69 Å². The largest absolute Gasteiger partial charge is 0.343 e. The molecule has 1 amide bonds. The fourth-order valence-electron chi connectivity index (χ4n) is 4.39. The van der Waals surface area contributed by atoms with Gasteiger partial charge in [-0.2, -0.15) is 0 Å². The van der Waals surface area contributed by atoms with Crippen LogP contribution in [0.1, 0.15) is 43.5 Å². The average molecular weight is 422 g/mol. The van der Waals surface area contributed by atoms with Crippen molar-refractivity contribution in [3.8, 4) is 0 Å². The number of imidazole rings is 1. The molecule has 1 aliphatic rings. The minimum Gasteiger partial charge on any atom is -0.343 e. The Bertz CT molecular complexity index is 1080. The van der Waals surface area contributed by atoms with E-state index in [4.69, 9.17) is 0 Å². The number of nitro benzene ring substituents is 1. The Balaban J connectivity index is 1.31. The van der Waals surface area contributed by atoms with Crippen molar-refractivity contribution in [2.75, 3.05) is 13.1 Å². The van der Waals surface area contributed by atoms with Crippen LogP contribution in [-0.2, 0) is 11.3 Å². The first-order valence-corrected chi connectivity index (χ1v) is 10.7. The number of hydrogen-bond acceptors (Lipinski definition) is 5. The number of benzene rings is 1. The van der Waals surface area contributed by atoms with Crippen LogP contribution in [0.3, 0.4) is 0 Å². The second kappa shape index (κ2) is 8.83. The summed E-state index contributed by atoms with van der Waals surface area (Å²) in [4.78, 5) is 33.9. The van der Waals surface area contributed by atoms with Gasteiger partial charge in [-0.25, -0.2) is 4.98 Å². The molecule has 162 valence electrons. The van der Waals surface area contributed by atoms with Crippen LogP contribution < -0.4 is 0 Å². The molecule has 0 aliphatic carbocycles. The number of fused-ring (bicyclic) bond motifs is 1. The fourth-order valence-corrected chi connectivity index (χ4v) is 4.39. The molecule has 31 heavy (non-hydrogen) atoms. The van der Waals surface area contributed by atoms with E-state index in [1.165, 1.54) is 12.1 Å². The molecule has 0 spiro atoms. The summed E-state index contributed by atoms with van der Waals surface area (Å²) >= 11 is 0. The molecule has 0 radical (unpaired) electrons. The van der Waals surface area contributed by atoms with Crippen LogP contribution in [0, 0.1) is 23.0 Å². The standard InChI is InChI=1S/C23H27N5O3/c1-16(19-3-5-20(6-4-19)28(30)31)13-23(29)26-11-8-18(9-12-26)15-27-17(2)25-21-14-24-10-7-22(21)27/h3-7,10,14,16,18H,8-9,11-13,15H2,1-2H3. The van der Waals surface area contributed by atoms with Crippen molar-refractivity contribution in [2.45, 2.75) is 45.6 Å². The Morgan fingerprint density at radius 2 is 1.94 bits per heavy atom. The number of aryl methyl sites for hydroxylation is 1. The lowest BCUT2D eigenvalue weighted by Gasteiger charge is -2.33. The SMILES string of the molecule is Cc1nc2cnccc2n1CC1CCN(C(=O)CC(C)c2ccc([N+](=O)[O-])cc2)CC1. The van der Waals surface area contributed by atoms with Crippen molar-refractivity contribution in [3.05, 3.63) is 64.2 Å². The van der Waals surface area contributed by atoms with Crippen LogP contribution in [0.15, 0.2) is 42.7 Å². The number of carbonyl (C=O) groups excluding carboxylic acids is 1. The lowest BCUT2D eigenvalue weighted by Crippen LogP contribution is -2.39. The molecule has 1 atom stereocenters. The molecule has 3 aromatic rings. The Labute approximate surface area is 181 Å². The maximum absolute atomic E-state index is 12.8. The number of rotatable bonds is 6. The number of carbonyl (C=O) groups is 1. The monoisotopic (exact) mass is 421 g/mol. The van der Waals surface area contributed by atoms with Crippen LogP contribution >= 0.6 is 0 Å². The third-order valence-corrected chi connectivity index (χ3v) is 6.30. The first-order chi connectivity index (χ1) is 14.9. The summed E-state index contributed by atoms with van der Waals surface area (Å²) in [5, 5.41) is 10.8. The number of nitrogens with zero attached hydrogens (tertiary/aromatic N) is 5. The number of aromatic nitrogens is 3. The van der Waals surface area contributed by atoms with Gasteiger partial charge in [-0.05, 0) is 43.2 Å². The highest BCUT2D eigenvalue weighted by molar-refractivity contribution is 5.77. The van der Waals surface area contributed by atoms with E-state index in [1.54, 1.807) is 24.5 Å². The molecule has 1 saturated heterocycles. The van der Waals surface area contributed by atoms with Gasteiger partial charge in [-0.15, -0.1) is 0 Å². The molecule has 1 aromatic carbocycles. The number of hydrogen-bond donors (Lipinski definition) is 0. The van der Waals surface area contributed by atoms with E-state index in [0.717, 1.165) is 54.9 Å². The molecule has 1 aliphatic heterocycles. The zero-order valence-electron chi connectivity index (χ0n) is 17.9. The number of amides is 1.